The number of para-hydroxylation sites is 1. The van der Waals surface area contributed by atoms with Crippen molar-refractivity contribution in [3.63, 3.8) is 0 Å². The Bertz CT molecular complexity index is 1400. The Morgan fingerprint density at radius 1 is 1.16 bits per heavy atom. The molecule has 9 heteroatoms. The highest BCUT2D eigenvalue weighted by Crippen LogP contribution is 2.39. The second kappa shape index (κ2) is 10.9. The summed E-state index contributed by atoms with van der Waals surface area (Å²) in [6, 6.07) is 14.5. The third-order valence-electron chi connectivity index (χ3n) is 5.99. The molecule has 0 saturated carbocycles. The SMILES string of the molecule is Cc1ccc(Oc2c(/C=C3\SC(=S)N([C@@H](CC(C)C)C(=O)O)C3=O)c(C)nn2-c2ccccc2)c(C)c1. The fourth-order valence-corrected chi connectivity index (χ4v) is 5.53. The van der Waals surface area contributed by atoms with Crippen LogP contribution in [0, 0.1) is 26.7 Å². The lowest BCUT2D eigenvalue weighted by Crippen LogP contribution is -2.44. The molecule has 1 atom stereocenters. The van der Waals surface area contributed by atoms with Crippen LogP contribution >= 0.6 is 24.0 Å². The molecular weight excluding hydrogens is 506 g/mol. The Hall–Kier alpha value is -3.43. The zero-order chi connectivity index (χ0) is 26.9. The summed E-state index contributed by atoms with van der Waals surface area (Å²) < 4.78 is 8.37. The largest absolute Gasteiger partial charge is 0.480 e. The topological polar surface area (TPSA) is 84.7 Å². The maximum absolute atomic E-state index is 13.4. The first kappa shape index (κ1) is 26.6. The van der Waals surface area contributed by atoms with E-state index in [9.17, 15) is 14.7 Å². The van der Waals surface area contributed by atoms with Crippen LogP contribution < -0.4 is 4.74 Å². The van der Waals surface area contributed by atoms with Gasteiger partial charge in [0.25, 0.3) is 5.91 Å². The first-order valence-electron chi connectivity index (χ1n) is 12.0. The van der Waals surface area contributed by atoms with Crippen molar-refractivity contribution in [3.05, 3.63) is 75.8 Å². The average Bonchev–Trinajstić information content (AvgIpc) is 3.29. The Balaban J connectivity index is 1.80. The summed E-state index contributed by atoms with van der Waals surface area (Å²) in [6.07, 6.45) is 2.01. The Kier molecular flexibility index (Phi) is 7.85. The second-order valence-corrected chi connectivity index (χ2v) is 11.1. The van der Waals surface area contributed by atoms with Gasteiger partial charge in [0.1, 0.15) is 16.1 Å². The molecule has 192 valence electrons. The Labute approximate surface area is 226 Å². The third kappa shape index (κ3) is 5.62. The number of carboxylic acids is 1. The number of amides is 1. The zero-order valence-corrected chi connectivity index (χ0v) is 23.0. The van der Waals surface area contributed by atoms with Gasteiger partial charge in [-0.1, -0.05) is 73.7 Å². The Morgan fingerprint density at radius 2 is 1.86 bits per heavy atom. The molecule has 1 saturated heterocycles. The number of carboxylic acid groups (broad SMARTS) is 1. The monoisotopic (exact) mass is 535 g/mol. The van der Waals surface area contributed by atoms with Crippen LogP contribution in [0.1, 0.15) is 42.7 Å². The quantitative estimate of drug-likeness (QED) is 0.268. The van der Waals surface area contributed by atoms with E-state index < -0.39 is 17.9 Å². The highest BCUT2D eigenvalue weighted by molar-refractivity contribution is 8.26. The number of ether oxygens (including phenoxy) is 1. The molecule has 0 unspecified atom stereocenters. The highest BCUT2D eigenvalue weighted by atomic mass is 32.2. The van der Waals surface area contributed by atoms with Crippen molar-refractivity contribution in [2.75, 3.05) is 0 Å². The van der Waals surface area contributed by atoms with E-state index in [2.05, 4.69) is 0 Å². The lowest BCUT2D eigenvalue weighted by atomic mass is 10.0. The molecule has 4 rings (SSSR count). The van der Waals surface area contributed by atoms with Crippen molar-refractivity contribution in [1.82, 2.24) is 14.7 Å². The predicted molar refractivity (Wildman–Crippen MR) is 150 cm³/mol. The number of nitrogens with zero attached hydrogens (tertiary/aromatic N) is 3. The highest BCUT2D eigenvalue weighted by Gasteiger charge is 2.41. The minimum absolute atomic E-state index is 0.0822. The van der Waals surface area contributed by atoms with E-state index in [1.165, 1.54) is 4.90 Å². The normalized spacial score (nSPS) is 15.6. The molecule has 2 aromatic carbocycles. The maximum Gasteiger partial charge on any atom is 0.326 e. The van der Waals surface area contributed by atoms with Gasteiger partial charge in [-0.25, -0.2) is 4.79 Å². The van der Waals surface area contributed by atoms with Crippen LogP contribution in [0.3, 0.4) is 0 Å². The molecule has 1 aliphatic heterocycles. The van der Waals surface area contributed by atoms with Gasteiger partial charge in [-0.15, -0.1) is 0 Å². The summed E-state index contributed by atoms with van der Waals surface area (Å²) in [7, 11) is 0. The molecule has 0 bridgehead atoms. The molecule has 3 aromatic rings. The lowest BCUT2D eigenvalue weighted by molar-refractivity contribution is -0.145. The van der Waals surface area contributed by atoms with Crippen LogP contribution in [0.2, 0.25) is 0 Å². The van der Waals surface area contributed by atoms with Gasteiger partial charge in [0.05, 0.1) is 21.8 Å². The number of aliphatic carboxylic acids is 1. The summed E-state index contributed by atoms with van der Waals surface area (Å²) in [4.78, 5) is 27.0. The molecule has 1 aromatic heterocycles. The van der Waals surface area contributed by atoms with Gasteiger partial charge in [0.15, 0.2) is 0 Å². The first-order chi connectivity index (χ1) is 17.6. The van der Waals surface area contributed by atoms with Gasteiger partial charge in [-0.3, -0.25) is 9.69 Å². The van der Waals surface area contributed by atoms with Crippen molar-refractivity contribution in [2.45, 2.75) is 47.1 Å². The van der Waals surface area contributed by atoms with E-state index in [-0.39, 0.29) is 10.2 Å². The van der Waals surface area contributed by atoms with E-state index in [0.29, 0.717) is 34.2 Å². The van der Waals surface area contributed by atoms with Crippen molar-refractivity contribution < 1.29 is 19.4 Å². The first-order valence-corrected chi connectivity index (χ1v) is 13.2. The number of aryl methyl sites for hydroxylation is 3. The molecule has 0 radical (unpaired) electrons. The molecule has 37 heavy (non-hydrogen) atoms. The van der Waals surface area contributed by atoms with E-state index >= 15 is 0 Å². The van der Waals surface area contributed by atoms with Crippen molar-refractivity contribution in [3.8, 4) is 17.3 Å². The predicted octanol–water partition coefficient (Wildman–Crippen LogP) is 6.29. The summed E-state index contributed by atoms with van der Waals surface area (Å²) in [6.45, 7) is 9.68. The number of hydrogen-bond acceptors (Lipinski definition) is 6. The number of benzene rings is 2. The Morgan fingerprint density at radius 3 is 2.49 bits per heavy atom. The van der Waals surface area contributed by atoms with Gasteiger partial charge < -0.3 is 9.84 Å². The van der Waals surface area contributed by atoms with E-state index in [1.54, 1.807) is 10.8 Å². The number of hydrogen-bond donors (Lipinski definition) is 1. The van der Waals surface area contributed by atoms with Crippen molar-refractivity contribution >= 4 is 46.3 Å². The number of rotatable bonds is 8. The molecule has 1 aliphatic rings. The standard InChI is InChI=1S/C28H29N3O4S2/c1-16(2)13-22(27(33)34)30-25(32)24(37-28(30)36)15-21-19(5)29-31(20-9-7-6-8-10-20)26(21)35-23-12-11-17(3)14-18(23)4/h6-12,14-16,22H,13H2,1-5H3,(H,33,34)/b24-15-/t22-/m0/s1. The molecule has 0 aliphatic carbocycles. The van der Waals surface area contributed by atoms with Crippen LogP contribution in [0.15, 0.2) is 53.4 Å². The van der Waals surface area contributed by atoms with E-state index in [4.69, 9.17) is 22.1 Å². The van der Waals surface area contributed by atoms with Gasteiger partial charge in [-0.05, 0) is 62.9 Å². The number of aromatic nitrogens is 2. The summed E-state index contributed by atoms with van der Waals surface area (Å²) in [5.41, 5.74) is 4.18. The van der Waals surface area contributed by atoms with Crippen LogP contribution in [0.5, 0.6) is 11.6 Å². The van der Waals surface area contributed by atoms with Gasteiger partial charge in [0, 0.05) is 0 Å². The average molecular weight is 536 g/mol. The van der Waals surface area contributed by atoms with Crippen molar-refractivity contribution in [2.24, 2.45) is 5.92 Å². The van der Waals surface area contributed by atoms with Gasteiger partial charge >= 0.3 is 5.97 Å². The molecule has 1 fully saturated rings. The van der Waals surface area contributed by atoms with E-state index in [0.717, 1.165) is 28.6 Å². The van der Waals surface area contributed by atoms with Crippen molar-refractivity contribution in [1.29, 1.82) is 0 Å². The number of carbonyl (C=O) groups excluding carboxylic acids is 1. The van der Waals surface area contributed by atoms with Gasteiger partial charge in [0.2, 0.25) is 5.88 Å². The minimum atomic E-state index is -1.07. The zero-order valence-electron chi connectivity index (χ0n) is 21.4. The van der Waals surface area contributed by atoms with E-state index in [1.807, 2.05) is 83.1 Å². The maximum atomic E-state index is 13.4. The van der Waals surface area contributed by atoms with Crippen LogP contribution in [-0.4, -0.2) is 42.0 Å². The smallest absolute Gasteiger partial charge is 0.326 e. The second-order valence-electron chi connectivity index (χ2n) is 9.46. The summed E-state index contributed by atoms with van der Waals surface area (Å²) >= 11 is 6.55. The van der Waals surface area contributed by atoms with Crippen LogP contribution in [0.25, 0.3) is 11.8 Å². The number of thiocarbonyl (C=S) groups is 1. The van der Waals surface area contributed by atoms with Crippen LogP contribution in [0.4, 0.5) is 0 Å². The molecule has 7 nitrogen and oxygen atoms in total. The van der Waals surface area contributed by atoms with Gasteiger partial charge in [-0.2, -0.15) is 9.78 Å². The molecule has 1 amide bonds. The molecule has 1 N–H and O–H groups in total. The fraction of sp³-hybridized carbons (Fsp3) is 0.286. The van der Waals surface area contributed by atoms with Crippen LogP contribution in [-0.2, 0) is 9.59 Å². The third-order valence-corrected chi connectivity index (χ3v) is 7.32. The lowest BCUT2D eigenvalue weighted by Gasteiger charge is -2.24. The molecule has 2 heterocycles. The summed E-state index contributed by atoms with van der Waals surface area (Å²) in [5.74, 6) is -0.282. The number of thioether (sulfide) groups is 1. The number of carbonyl (C=O) groups is 2. The fourth-order valence-electron chi connectivity index (χ4n) is 4.19. The molecule has 0 spiro atoms. The molecular formula is C28H29N3O4S2. The minimum Gasteiger partial charge on any atom is -0.480 e. The summed E-state index contributed by atoms with van der Waals surface area (Å²) in [5, 5.41) is 14.5.